The molecule has 0 bridgehead atoms. The number of ether oxygens (including phenoxy) is 2. The number of nitrogens with two attached hydrogens (primary N) is 1. The molecular formula is C28H34IN7O4. The predicted octanol–water partition coefficient (Wildman–Crippen LogP) is 3.25. The second kappa shape index (κ2) is 15.0. The number of carbonyl (C=O) groups excluding carboxylic acids is 2. The maximum atomic E-state index is 13.5. The summed E-state index contributed by atoms with van der Waals surface area (Å²) in [6, 6.07) is 12.8. The van der Waals surface area contributed by atoms with Crippen LogP contribution in [-0.2, 0) is 9.22 Å². The summed E-state index contributed by atoms with van der Waals surface area (Å²) in [5, 5.41) is 10.8. The lowest BCUT2D eigenvalue weighted by Crippen LogP contribution is -2.45. The van der Waals surface area contributed by atoms with Crippen molar-refractivity contribution < 1.29 is 19.1 Å². The van der Waals surface area contributed by atoms with E-state index in [0.29, 0.717) is 51.5 Å². The molecule has 6 N–H and O–H groups in total. The van der Waals surface area contributed by atoms with Crippen LogP contribution in [0, 0.1) is 5.41 Å². The molecule has 0 saturated carbocycles. The number of likely N-dealkylation sites (N-methyl/N-ethyl adjacent to an activating group) is 1. The van der Waals surface area contributed by atoms with E-state index in [9.17, 15) is 9.59 Å². The zero-order valence-corrected chi connectivity index (χ0v) is 24.8. The minimum absolute atomic E-state index is 0.0586. The van der Waals surface area contributed by atoms with Crippen LogP contribution in [0.5, 0.6) is 11.5 Å². The molecule has 0 aliphatic rings. The molecule has 40 heavy (non-hydrogen) atoms. The molecule has 0 spiro atoms. The lowest BCUT2D eigenvalue weighted by Gasteiger charge is -2.22. The Morgan fingerprint density at radius 1 is 1.07 bits per heavy atom. The number of rotatable bonds is 13. The normalized spacial score (nSPS) is 11.4. The summed E-state index contributed by atoms with van der Waals surface area (Å²) in [6.07, 6.45) is 3.15. The number of nitrogens with zero attached hydrogens (tertiary/aromatic N) is 2. The van der Waals surface area contributed by atoms with E-state index in [1.165, 1.54) is 6.20 Å². The molecule has 2 aromatic carbocycles. The van der Waals surface area contributed by atoms with Crippen molar-refractivity contribution in [1.82, 2.24) is 20.7 Å². The number of benzene rings is 2. The monoisotopic (exact) mass is 659 g/mol. The molecule has 0 radical (unpaired) electrons. The molecule has 1 aromatic heterocycles. The van der Waals surface area contributed by atoms with Gasteiger partial charge < -0.3 is 25.4 Å². The van der Waals surface area contributed by atoms with Crippen LogP contribution >= 0.6 is 22.6 Å². The SMILES string of the molecule is CCOc1cc(C(Nc2ccc(C(=N)N)cc2)C(=O)NNC(=O)c2ccncc2CI)ccc1OCCN(C)C. The van der Waals surface area contributed by atoms with Gasteiger partial charge in [-0.2, -0.15) is 0 Å². The number of hydrogen-bond donors (Lipinski definition) is 5. The van der Waals surface area contributed by atoms with Crippen molar-refractivity contribution in [2.24, 2.45) is 5.73 Å². The molecule has 2 amide bonds. The van der Waals surface area contributed by atoms with E-state index in [4.69, 9.17) is 20.6 Å². The van der Waals surface area contributed by atoms with Gasteiger partial charge in [-0.05, 0) is 74.6 Å². The van der Waals surface area contributed by atoms with Gasteiger partial charge in [-0.1, -0.05) is 28.7 Å². The Morgan fingerprint density at radius 3 is 2.48 bits per heavy atom. The molecule has 0 saturated heterocycles. The molecule has 0 aliphatic heterocycles. The number of carbonyl (C=O) groups is 2. The third-order valence-corrected chi connectivity index (χ3v) is 6.58. The quantitative estimate of drug-likeness (QED) is 0.0616. The second-order valence-electron chi connectivity index (χ2n) is 8.97. The molecule has 1 atom stereocenters. The second-order valence-corrected chi connectivity index (χ2v) is 9.73. The van der Waals surface area contributed by atoms with E-state index in [1.54, 1.807) is 54.7 Å². The van der Waals surface area contributed by atoms with Crippen molar-refractivity contribution in [3.8, 4) is 11.5 Å². The maximum Gasteiger partial charge on any atom is 0.270 e. The highest BCUT2D eigenvalue weighted by atomic mass is 127. The number of aromatic nitrogens is 1. The first-order chi connectivity index (χ1) is 19.2. The van der Waals surface area contributed by atoms with Gasteiger partial charge in [0.05, 0.1) is 6.61 Å². The summed E-state index contributed by atoms with van der Waals surface area (Å²) < 4.78 is 12.3. The fraction of sp³-hybridized carbons (Fsp3) is 0.286. The third kappa shape index (κ3) is 8.55. The summed E-state index contributed by atoms with van der Waals surface area (Å²) in [7, 11) is 3.92. The van der Waals surface area contributed by atoms with Crippen LogP contribution in [0.3, 0.4) is 0 Å². The molecule has 0 fully saturated rings. The number of nitrogen functional groups attached to an aromatic ring is 1. The fourth-order valence-electron chi connectivity index (χ4n) is 3.66. The molecule has 1 heterocycles. The summed E-state index contributed by atoms with van der Waals surface area (Å²) in [5.41, 5.74) is 13.6. The molecule has 1 unspecified atom stereocenters. The van der Waals surface area contributed by atoms with Crippen molar-refractivity contribution in [1.29, 1.82) is 5.41 Å². The number of alkyl halides is 1. The van der Waals surface area contributed by atoms with Gasteiger partial charge in [0.2, 0.25) is 0 Å². The van der Waals surface area contributed by atoms with Crippen LogP contribution in [0.15, 0.2) is 60.9 Å². The van der Waals surface area contributed by atoms with Crippen LogP contribution in [0.25, 0.3) is 0 Å². The predicted molar refractivity (Wildman–Crippen MR) is 163 cm³/mol. The minimum Gasteiger partial charge on any atom is -0.490 e. The molecule has 0 aliphatic carbocycles. The number of pyridine rings is 1. The van der Waals surface area contributed by atoms with E-state index in [-0.39, 0.29) is 5.84 Å². The Kier molecular flexibility index (Phi) is 11.5. The van der Waals surface area contributed by atoms with Gasteiger partial charge in [-0.25, -0.2) is 0 Å². The van der Waals surface area contributed by atoms with Crippen molar-refractivity contribution in [2.75, 3.05) is 39.2 Å². The van der Waals surface area contributed by atoms with E-state index >= 15 is 0 Å². The van der Waals surface area contributed by atoms with Crippen molar-refractivity contribution >= 4 is 45.9 Å². The van der Waals surface area contributed by atoms with Gasteiger partial charge in [0.25, 0.3) is 11.8 Å². The van der Waals surface area contributed by atoms with Crippen LogP contribution in [0.1, 0.15) is 40.0 Å². The minimum atomic E-state index is -0.917. The van der Waals surface area contributed by atoms with Crippen molar-refractivity contribution in [3.63, 3.8) is 0 Å². The lowest BCUT2D eigenvalue weighted by molar-refractivity contribution is -0.122. The molecule has 212 valence electrons. The lowest BCUT2D eigenvalue weighted by atomic mass is 10.0. The Labute approximate surface area is 247 Å². The number of nitrogens with one attached hydrogen (secondary N) is 4. The fourth-order valence-corrected chi connectivity index (χ4v) is 4.26. The number of halogens is 1. The van der Waals surface area contributed by atoms with Gasteiger partial charge in [-0.3, -0.25) is 30.8 Å². The first-order valence-corrected chi connectivity index (χ1v) is 14.1. The molecule has 12 heteroatoms. The number of amides is 2. The van der Waals surface area contributed by atoms with Gasteiger partial charge >= 0.3 is 0 Å². The highest BCUT2D eigenvalue weighted by molar-refractivity contribution is 14.1. The Balaban J connectivity index is 1.87. The molecule has 11 nitrogen and oxygen atoms in total. The molecular weight excluding hydrogens is 625 g/mol. The van der Waals surface area contributed by atoms with Crippen LogP contribution in [0.4, 0.5) is 5.69 Å². The Bertz CT molecular complexity index is 1320. The number of anilines is 1. The van der Waals surface area contributed by atoms with Crippen LogP contribution in [-0.4, -0.2) is 61.4 Å². The Hall–Kier alpha value is -3.91. The number of hydrogen-bond acceptors (Lipinski definition) is 8. The molecule has 3 aromatic rings. The molecule has 3 rings (SSSR count). The number of hydrazine groups is 1. The summed E-state index contributed by atoms with van der Waals surface area (Å²) >= 11 is 2.15. The van der Waals surface area contributed by atoms with E-state index in [2.05, 4.69) is 43.7 Å². The first-order valence-electron chi connectivity index (χ1n) is 12.6. The van der Waals surface area contributed by atoms with Crippen LogP contribution in [0.2, 0.25) is 0 Å². The van der Waals surface area contributed by atoms with E-state index in [0.717, 1.165) is 12.1 Å². The topological polar surface area (TPSA) is 155 Å². The average Bonchev–Trinajstić information content (AvgIpc) is 2.95. The highest BCUT2D eigenvalue weighted by Crippen LogP contribution is 2.32. The Morgan fingerprint density at radius 2 is 1.82 bits per heavy atom. The van der Waals surface area contributed by atoms with Crippen molar-refractivity contribution in [2.45, 2.75) is 17.4 Å². The van der Waals surface area contributed by atoms with Crippen molar-refractivity contribution in [3.05, 3.63) is 83.2 Å². The third-order valence-electron chi connectivity index (χ3n) is 5.76. The summed E-state index contributed by atoms with van der Waals surface area (Å²) in [6.45, 7) is 3.48. The zero-order chi connectivity index (χ0) is 29.1. The summed E-state index contributed by atoms with van der Waals surface area (Å²) in [4.78, 5) is 32.4. The standard InChI is InChI=1S/C28H34IN7O4/c1-4-39-24-15-19(7-10-23(24)40-14-13-36(2)3)25(33-21-8-5-18(6-9-21)26(30)31)28(38)35-34-27(37)22-11-12-32-17-20(22)16-29/h5-12,15,17,25,33H,4,13-14,16H2,1-3H3,(H3,30,31)(H,34,37)(H,35,38). The summed E-state index contributed by atoms with van der Waals surface area (Å²) in [5.74, 6) is 0.0497. The van der Waals surface area contributed by atoms with Gasteiger partial charge in [0.1, 0.15) is 18.5 Å². The number of amidine groups is 1. The van der Waals surface area contributed by atoms with E-state index < -0.39 is 17.9 Å². The van der Waals surface area contributed by atoms with E-state index in [1.807, 2.05) is 25.9 Å². The zero-order valence-electron chi connectivity index (χ0n) is 22.7. The average molecular weight is 660 g/mol. The van der Waals surface area contributed by atoms with Crippen LogP contribution < -0.4 is 31.4 Å². The van der Waals surface area contributed by atoms with Gasteiger partial charge in [0, 0.05) is 40.2 Å². The highest BCUT2D eigenvalue weighted by Gasteiger charge is 2.24. The first kappa shape index (κ1) is 30.6. The van der Waals surface area contributed by atoms with Gasteiger partial charge in [0.15, 0.2) is 11.5 Å². The maximum absolute atomic E-state index is 13.5. The largest absolute Gasteiger partial charge is 0.490 e. The van der Waals surface area contributed by atoms with Gasteiger partial charge in [-0.15, -0.1) is 0 Å². The smallest absolute Gasteiger partial charge is 0.270 e.